The quantitative estimate of drug-likeness (QED) is 0.558. The maximum absolute atomic E-state index is 12.6. The molecule has 6 nitrogen and oxygen atoms in total. The Balaban J connectivity index is 0.00000210. The fourth-order valence-electron chi connectivity index (χ4n) is 4.57. The zero-order valence-corrected chi connectivity index (χ0v) is 15.7. The molecule has 1 saturated heterocycles. The number of allylic oxidation sites excluding steroid dienone is 2. The molecular formula is C20H24ClN3O3. The topological polar surface area (TPSA) is 92.5 Å². The van der Waals surface area contributed by atoms with E-state index in [4.69, 9.17) is 5.73 Å². The third-order valence-corrected chi connectivity index (χ3v) is 5.83. The minimum absolute atomic E-state index is 0. The largest absolute Gasteiger partial charge is 0.353 e. The summed E-state index contributed by atoms with van der Waals surface area (Å²) in [6, 6.07) is 8.93. The van der Waals surface area contributed by atoms with Gasteiger partial charge < -0.3 is 11.1 Å². The van der Waals surface area contributed by atoms with Gasteiger partial charge in [-0.15, -0.1) is 12.4 Å². The normalized spacial score (nSPS) is 28.9. The highest BCUT2D eigenvalue weighted by Gasteiger charge is 2.58. The summed E-state index contributed by atoms with van der Waals surface area (Å²) in [6.45, 7) is 0.453. The lowest BCUT2D eigenvalue weighted by molar-refractivity contribution is -0.141. The van der Waals surface area contributed by atoms with E-state index in [1.54, 1.807) is 0 Å². The van der Waals surface area contributed by atoms with Gasteiger partial charge in [-0.05, 0) is 30.2 Å². The molecule has 4 unspecified atom stereocenters. The molecule has 1 aliphatic heterocycles. The molecule has 1 aromatic rings. The van der Waals surface area contributed by atoms with E-state index in [9.17, 15) is 14.4 Å². The van der Waals surface area contributed by atoms with Gasteiger partial charge in [-0.25, -0.2) is 0 Å². The Kier molecular flexibility index (Phi) is 5.67. The van der Waals surface area contributed by atoms with Crippen LogP contribution in [-0.4, -0.2) is 41.8 Å². The molecule has 3 aliphatic rings. The lowest BCUT2D eigenvalue weighted by Crippen LogP contribution is -2.45. The van der Waals surface area contributed by atoms with E-state index < -0.39 is 6.04 Å². The molecule has 2 bridgehead atoms. The fraction of sp³-hybridized carbons (Fsp3) is 0.450. The summed E-state index contributed by atoms with van der Waals surface area (Å²) in [7, 11) is 0. The summed E-state index contributed by atoms with van der Waals surface area (Å²) in [5.41, 5.74) is 6.95. The van der Waals surface area contributed by atoms with Gasteiger partial charge in [0.1, 0.15) is 0 Å². The molecule has 2 fully saturated rings. The van der Waals surface area contributed by atoms with E-state index in [-0.39, 0.29) is 66.9 Å². The van der Waals surface area contributed by atoms with Crippen LogP contribution in [0.4, 0.5) is 0 Å². The second-order valence-electron chi connectivity index (χ2n) is 7.42. The van der Waals surface area contributed by atoms with Gasteiger partial charge >= 0.3 is 0 Å². The number of hydrogen-bond donors (Lipinski definition) is 2. The molecule has 0 aromatic heterocycles. The maximum atomic E-state index is 12.6. The summed E-state index contributed by atoms with van der Waals surface area (Å²) in [5.74, 6) is -0.392. The Morgan fingerprint density at radius 1 is 1.11 bits per heavy atom. The van der Waals surface area contributed by atoms with Crippen LogP contribution >= 0.6 is 12.4 Å². The van der Waals surface area contributed by atoms with Crippen LogP contribution in [0.5, 0.6) is 0 Å². The first-order valence-corrected chi connectivity index (χ1v) is 9.17. The first-order chi connectivity index (χ1) is 12.6. The molecule has 7 heteroatoms. The number of nitrogens with zero attached hydrogens (tertiary/aromatic N) is 1. The Morgan fingerprint density at radius 3 is 2.30 bits per heavy atom. The van der Waals surface area contributed by atoms with Crippen LogP contribution < -0.4 is 11.1 Å². The number of nitrogens with one attached hydrogen (secondary N) is 1. The standard InChI is InChI=1S/C20H23N3O3.ClH/c21-15(10-12-4-2-1-3-5-12)18(24)22-8-9-23-19(25)16-13-6-7-14(11-13)17(16)20(23)26;/h1-7,13-17H,8-11,21H2,(H,22,24);1H/t13?,14?,15-,16?,17?;/m0./s1. The van der Waals surface area contributed by atoms with E-state index in [0.29, 0.717) is 6.42 Å². The molecule has 1 saturated carbocycles. The minimum atomic E-state index is -0.651. The van der Waals surface area contributed by atoms with Crippen molar-refractivity contribution in [3.05, 3.63) is 48.0 Å². The highest BCUT2D eigenvalue weighted by Crippen LogP contribution is 2.52. The van der Waals surface area contributed by atoms with Gasteiger partial charge in [-0.1, -0.05) is 42.5 Å². The molecule has 1 aromatic carbocycles. The molecule has 2 aliphatic carbocycles. The van der Waals surface area contributed by atoms with Crippen molar-refractivity contribution in [1.82, 2.24) is 10.2 Å². The lowest BCUT2D eigenvalue weighted by atomic mass is 9.85. The van der Waals surface area contributed by atoms with Crippen LogP contribution in [0.15, 0.2) is 42.5 Å². The Hall–Kier alpha value is -2.18. The number of carbonyl (C=O) groups excluding carboxylic acids is 3. The molecule has 4 rings (SSSR count). The monoisotopic (exact) mass is 389 g/mol. The number of likely N-dealkylation sites (tertiary alicyclic amines) is 1. The average molecular weight is 390 g/mol. The van der Waals surface area contributed by atoms with Crippen molar-refractivity contribution in [2.24, 2.45) is 29.4 Å². The lowest BCUT2D eigenvalue weighted by Gasteiger charge is -2.18. The van der Waals surface area contributed by atoms with Crippen LogP contribution in [0.1, 0.15) is 12.0 Å². The number of fused-ring (bicyclic) bond motifs is 5. The molecule has 5 atom stereocenters. The number of amides is 3. The van der Waals surface area contributed by atoms with Gasteiger partial charge in [-0.3, -0.25) is 19.3 Å². The van der Waals surface area contributed by atoms with Gasteiger partial charge in [0, 0.05) is 13.1 Å². The number of imide groups is 1. The Morgan fingerprint density at radius 2 is 1.70 bits per heavy atom. The van der Waals surface area contributed by atoms with Crippen LogP contribution in [0, 0.1) is 23.7 Å². The van der Waals surface area contributed by atoms with Gasteiger partial charge in [0.05, 0.1) is 17.9 Å². The van der Waals surface area contributed by atoms with Crippen LogP contribution in [0.3, 0.4) is 0 Å². The van der Waals surface area contributed by atoms with Crippen LogP contribution in [-0.2, 0) is 20.8 Å². The highest BCUT2D eigenvalue weighted by molar-refractivity contribution is 6.06. The number of benzene rings is 1. The van der Waals surface area contributed by atoms with Crippen molar-refractivity contribution in [2.45, 2.75) is 18.9 Å². The first kappa shape index (κ1) is 19.6. The second kappa shape index (κ2) is 7.82. The summed E-state index contributed by atoms with van der Waals surface area (Å²) >= 11 is 0. The second-order valence-corrected chi connectivity index (χ2v) is 7.42. The van der Waals surface area contributed by atoms with E-state index in [0.717, 1.165) is 12.0 Å². The number of carbonyl (C=O) groups is 3. The SMILES string of the molecule is Cl.N[C@@H](Cc1ccccc1)C(=O)NCCN1C(=O)C2C3C=CC(C3)C2C1=O. The highest BCUT2D eigenvalue weighted by atomic mass is 35.5. The summed E-state index contributed by atoms with van der Waals surface area (Å²) in [6.07, 6.45) is 5.52. The zero-order valence-electron chi connectivity index (χ0n) is 14.9. The number of nitrogens with two attached hydrogens (primary N) is 1. The molecule has 3 amide bonds. The predicted molar refractivity (Wildman–Crippen MR) is 103 cm³/mol. The third-order valence-electron chi connectivity index (χ3n) is 5.83. The fourth-order valence-corrected chi connectivity index (χ4v) is 4.57. The number of rotatable bonds is 6. The van der Waals surface area contributed by atoms with Gasteiger partial charge in [0.25, 0.3) is 0 Å². The Bertz CT molecular complexity index is 737. The van der Waals surface area contributed by atoms with E-state index in [1.165, 1.54) is 4.90 Å². The number of hydrogen-bond acceptors (Lipinski definition) is 4. The molecule has 3 N–H and O–H groups in total. The predicted octanol–water partition coefficient (Wildman–Crippen LogP) is 0.901. The summed E-state index contributed by atoms with van der Waals surface area (Å²) in [5, 5.41) is 2.75. The van der Waals surface area contributed by atoms with Gasteiger partial charge in [0.2, 0.25) is 17.7 Å². The molecular weight excluding hydrogens is 366 g/mol. The van der Waals surface area contributed by atoms with Crippen molar-refractivity contribution >= 4 is 30.1 Å². The smallest absolute Gasteiger partial charge is 0.237 e. The average Bonchev–Trinajstić information content (AvgIpc) is 3.32. The minimum Gasteiger partial charge on any atom is -0.353 e. The summed E-state index contributed by atoms with van der Waals surface area (Å²) in [4.78, 5) is 38.6. The van der Waals surface area contributed by atoms with Crippen molar-refractivity contribution in [2.75, 3.05) is 13.1 Å². The van der Waals surface area contributed by atoms with Crippen molar-refractivity contribution in [3.63, 3.8) is 0 Å². The third kappa shape index (κ3) is 3.51. The summed E-state index contributed by atoms with van der Waals surface area (Å²) < 4.78 is 0. The van der Waals surface area contributed by atoms with E-state index >= 15 is 0 Å². The zero-order chi connectivity index (χ0) is 18.3. The van der Waals surface area contributed by atoms with E-state index in [2.05, 4.69) is 17.5 Å². The van der Waals surface area contributed by atoms with Gasteiger partial charge in [0.15, 0.2) is 0 Å². The van der Waals surface area contributed by atoms with Crippen molar-refractivity contribution in [1.29, 1.82) is 0 Å². The molecule has 0 radical (unpaired) electrons. The maximum Gasteiger partial charge on any atom is 0.237 e. The van der Waals surface area contributed by atoms with Crippen molar-refractivity contribution < 1.29 is 14.4 Å². The van der Waals surface area contributed by atoms with E-state index in [1.807, 2.05) is 30.3 Å². The van der Waals surface area contributed by atoms with Crippen LogP contribution in [0.25, 0.3) is 0 Å². The molecule has 1 heterocycles. The van der Waals surface area contributed by atoms with Crippen LogP contribution in [0.2, 0.25) is 0 Å². The first-order valence-electron chi connectivity index (χ1n) is 9.17. The molecule has 144 valence electrons. The van der Waals surface area contributed by atoms with Crippen molar-refractivity contribution in [3.8, 4) is 0 Å². The molecule has 27 heavy (non-hydrogen) atoms. The number of halogens is 1. The van der Waals surface area contributed by atoms with Gasteiger partial charge in [-0.2, -0.15) is 0 Å². The molecule has 0 spiro atoms. The Labute approximate surface area is 164 Å².